The van der Waals surface area contributed by atoms with Gasteiger partial charge in [-0.2, -0.15) is 0 Å². The largest absolute Gasteiger partial charge is 0.481 e. The van der Waals surface area contributed by atoms with Crippen molar-refractivity contribution in [2.45, 2.75) is 56.5 Å². The Balaban J connectivity index is 1.86. The lowest BCUT2D eigenvalue weighted by Gasteiger charge is -2.24. The summed E-state index contributed by atoms with van der Waals surface area (Å²) in [5.74, 6) is -1.16. The van der Waals surface area contributed by atoms with E-state index in [0.717, 1.165) is 32.1 Å². The maximum absolute atomic E-state index is 12.0. The fourth-order valence-electron chi connectivity index (χ4n) is 2.90. The van der Waals surface area contributed by atoms with Gasteiger partial charge in [0.2, 0.25) is 5.91 Å². The molecule has 2 atom stereocenters. The second-order valence-electron chi connectivity index (χ2n) is 5.38. The number of hydrogen-bond donors (Lipinski definition) is 3. The van der Waals surface area contributed by atoms with E-state index in [1.807, 2.05) is 0 Å². The molecule has 4 N–H and O–H groups in total. The minimum absolute atomic E-state index is 0.00961. The first-order valence-corrected chi connectivity index (χ1v) is 6.34. The van der Waals surface area contributed by atoms with Crippen LogP contribution >= 0.6 is 0 Å². The second kappa shape index (κ2) is 4.64. The minimum atomic E-state index is -0.759. The van der Waals surface area contributed by atoms with Crippen molar-refractivity contribution in [3.63, 3.8) is 0 Å². The number of carboxylic acid groups (broad SMARTS) is 1. The highest BCUT2D eigenvalue weighted by Gasteiger charge is 2.39. The van der Waals surface area contributed by atoms with Crippen LogP contribution in [0.5, 0.6) is 0 Å². The summed E-state index contributed by atoms with van der Waals surface area (Å²) in [6.45, 7) is 0. The zero-order valence-corrected chi connectivity index (χ0v) is 9.95. The molecular formula is C12H20N2O3. The van der Waals surface area contributed by atoms with Gasteiger partial charge >= 0.3 is 5.97 Å². The van der Waals surface area contributed by atoms with Gasteiger partial charge in [0.25, 0.3) is 0 Å². The van der Waals surface area contributed by atoms with Crippen molar-refractivity contribution in [1.29, 1.82) is 0 Å². The minimum Gasteiger partial charge on any atom is -0.481 e. The molecule has 2 aliphatic carbocycles. The maximum Gasteiger partial charge on any atom is 0.306 e. The van der Waals surface area contributed by atoms with Crippen molar-refractivity contribution < 1.29 is 14.7 Å². The quantitative estimate of drug-likeness (QED) is 0.674. The van der Waals surface area contributed by atoms with Crippen molar-refractivity contribution >= 4 is 11.9 Å². The average molecular weight is 240 g/mol. The van der Waals surface area contributed by atoms with Crippen LogP contribution < -0.4 is 11.1 Å². The lowest BCUT2D eigenvalue weighted by Crippen LogP contribution is -2.54. The molecule has 2 aliphatic rings. The van der Waals surface area contributed by atoms with Crippen molar-refractivity contribution in [3.05, 3.63) is 0 Å². The molecule has 0 aromatic carbocycles. The molecule has 1 amide bonds. The van der Waals surface area contributed by atoms with Crippen molar-refractivity contribution in [2.24, 2.45) is 11.7 Å². The first-order chi connectivity index (χ1) is 8.01. The van der Waals surface area contributed by atoms with E-state index in [1.54, 1.807) is 0 Å². The highest BCUT2D eigenvalue weighted by Crippen LogP contribution is 2.29. The average Bonchev–Trinajstić information content (AvgIpc) is 2.88. The number of amides is 1. The summed E-state index contributed by atoms with van der Waals surface area (Å²) in [5, 5.41) is 11.8. The monoisotopic (exact) mass is 240 g/mol. The molecule has 2 unspecified atom stereocenters. The number of aliphatic carboxylic acids is 1. The van der Waals surface area contributed by atoms with Gasteiger partial charge in [0.05, 0.1) is 11.5 Å². The van der Waals surface area contributed by atoms with E-state index in [1.165, 1.54) is 0 Å². The Bertz CT molecular complexity index is 324. The summed E-state index contributed by atoms with van der Waals surface area (Å²) in [6, 6.07) is -0.00961. The van der Waals surface area contributed by atoms with Crippen LogP contribution in [0.3, 0.4) is 0 Å². The predicted octanol–water partition coefficient (Wildman–Crippen LogP) is 0.627. The van der Waals surface area contributed by atoms with Crippen molar-refractivity contribution in [3.8, 4) is 0 Å². The van der Waals surface area contributed by atoms with Gasteiger partial charge in [0.1, 0.15) is 0 Å². The van der Waals surface area contributed by atoms with Gasteiger partial charge in [-0.1, -0.05) is 12.8 Å². The normalized spacial score (nSPS) is 31.4. The molecule has 5 heteroatoms. The van der Waals surface area contributed by atoms with Crippen LogP contribution in [0.4, 0.5) is 0 Å². The van der Waals surface area contributed by atoms with Crippen molar-refractivity contribution in [1.82, 2.24) is 5.32 Å². The standard InChI is InChI=1S/C12H20N2O3/c13-12(5-1-2-6-12)11(17)14-9-4-3-8(7-9)10(15)16/h8-9H,1-7,13H2,(H,14,17)(H,15,16). The molecule has 0 heterocycles. The SMILES string of the molecule is NC1(C(=O)NC2CCC(C(=O)O)C2)CCCC1. The van der Waals surface area contributed by atoms with Crippen LogP contribution in [-0.4, -0.2) is 28.6 Å². The number of carbonyl (C=O) groups is 2. The van der Waals surface area contributed by atoms with E-state index in [-0.39, 0.29) is 17.9 Å². The summed E-state index contributed by atoms with van der Waals surface area (Å²) in [5.41, 5.74) is 5.34. The van der Waals surface area contributed by atoms with Gasteiger partial charge in [0.15, 0.2) is 0 Å². The zero-order valence-electron chi connectivity index (χ0n) is 9.95. The van der Waals surface area contributed by atoms with Gasteiger partial charge in [-0.3, -0.25) is 9.59 Å². The zero-order chi connectivity index (χ0) is 12.5. The fourth-order valence-corrected chi connectivity index (χ4v) is 2.90. The first-order valence-electron chi connectivity index (χ1n) is 6.34. The number of hydrogen-bond acceptors (Lipinski definition) is 3. The molecule has 0 aromatic rings. The van der Waals surface area contributed by atoms with E-state index in [9.17, 15) is 9.59 Å². The van der Waals surface area contributed by atoms with Gasteiger partial charge in [0, 0.05) is 6.04 Å². The Morgan fingerprint density at radius 3 is 2.41 bits per heavy atom. The number of nitrogens with two attached hydrogens (primary N) is 1. The van der Waals surface area contributed by atoms with Gasteiger partial charge < -0.3 is 16.2 Å². The maximum atomic E-state index is 12.0. The van der Waals surface area contributed by atoms with Crippen LogP contribution in [0.25, 0.3) is 0 Å². The summed E-state index contributed by atoms with van der Waals surface area (Å²) >= 11 is 0. The van der Waals surface area contributed by atoms with Crippen molar-refractivity contribution in [2.75, 3.05) is 0 Å². The second-order valence-corrected chi connectivity index (χ2v) is 5.38. The molecule has 0 aromatic heterocycles. The lowest BCUT2D eigenvalue weighted by atomic mass is 9.97. The first kappa shape index (κ1) is 12.4. The lowest BCUT2D eigenvalue weighted by molar-refractivity contribution is -0.141. The molecule has 5 nitrogen and oxygen atoms in total. The third-order valence-electron chi connectivity index (χ3n) is 4.07. The Kier molecular flexibility index (Phi) is 3.38. The topological polar surface area (TPSA) is 92.4 Å². The van der Waals surface area contributed by atoms with E-state index in [4.69, 9.17) is 10.8 Å². The smallest absolute Gasteiger partial charge is 0.306 e. The van der Waals surface area contributed by atoms with E-state index in [0.29, 0.717) is 12.8 Å². The molecule has 17 heavy (non-hydrogen) atoms. The van der Waals surface area contributed by atoms with E-state index >= 15 is 0 Å². The predicted molar refractivity (Wildman–Crippen MR) is 62.3 cm³/mol. The molecule has 0 radical (unpaired) electrons. The van der Waals surface area contributed by atoms with Gasteiger partial charge in [-0.05, 0) is 32.1 Å². The van der Waals surface area contributed by atoms with Crippen LogP contribution in [0.2, 0.25) is 0 Å². The highest BCUT2D eigenvalue weighted by molar-refractivity contribution is 5.86. The van der Waals surface area contributed by atoms with Crippen LogP contribution in [0.15, 0.2) is 0 Å². The summed E-state index contributed by atoms with van der Waals surface area (Å²) in [4.78, 5) is 22.8. The number of carbonyl (C=O) groups excluding carboxylic acids is 1. The Labute approximate surface area is 101 Å². The Hall–Kier alpha value is -1.10. The Morgan fingerprint density at radius 1 is 1.24 bits per heavy atom. The number of carboxylic acids is 1. The third-order valence-corrected chi connectivity index (χ3v) is 4.07. The molecule has 2 saturated carbocycles. The fraction of sp³-hybridized carbons (Fsp3) is 0.833. The molecule has 0 aliphatic heterocycles. The number of nitrogens with one attached hydrogen (secondary N) is 1. The Morgan fingerprint density at radius 2 is 1.88 bits per heavy atom. The van der Waals surface area contributed by atoms with Gasteiger partial charge in [-0.15, -0.1) is 0 Å². The van der Waals surface area contributed by atoms with Crippen LogP contribution in [0, 0.1) is 5.92 Å². The highest BCUT2D eigenvalue weighted by atomic mass is 16.4. The summed E-state index contributed by atoms with van der Waals surface area (Å²) in [6.07, 6.45) is 5.44. The molecular weight excluding hydrogens is 220 g/mol. The van der Waals surface area contributed by atoms with E-state index < -0.39 is 11.5 Å². The molecule has 0 bridgehead atoms. The molecule has 0 saturated heterocycles. The molecule has 2 rings (SSSR count). The molecule has 0 spiro atoms. The third kappa shape index (κ3) is 2.60. The number of rotatable bonds is 3. The van der Waals surface area contributed by atoms with Crippen LogP contribution in [0.1, 0.15) is 44.9 Å². The van der Waals surface area contributed by atoms with E-state index in [2.05, 4.69) is 5.32 Å². The molecule has 2 fully saturated rings. The van der Waals surface area contributed by atoms with Gasteiger partial charge in [-0.25, -0.2) is 0 Å². The summed E-state index contributed by atoms with van der Waals surface area (Å²) < 4.78 is 0. The summed E-state index contributed by atoms with van der Waals surface area (Å²) in [7, 11) is 0. The van der Waals surface area contributed by atoms with Crippen LogP contribution in [-0.2, 0) is 9.59 Å². The molecule has 96 valence electrons.